The van der Waals surface area contributed by atoms with E-state index in [-0.39, 0.29) is 12.4 Å². The third-order valence-electron chi connectivity index (χ3n) is 1.42. The summed E-state index contributed by atoms with van der Waals surface area (Å²) in [7, 11) is 0. The molecule has 0 aromatic heterocycles. The number of nitrogens with two attached hydrogens (primary N) is 1. The van der Waals surface area contributed by atoms with Gasteiger partial charge in [-0.15, -0.1) is 12.4 Å². The molecule has 0 amide bonds. The summed E-state index contributed by atoms with van der Waals surface area (Å²) in [6, 6.07) is 5.79. The number of benzene rings is 1. The zero-order valence-electron chi connectivity index (χ0n) is 6.39. The molecule has 0 atom stereocenters. The van der Waals surface area contributed by atoms with Crippen LogP contribution in [0.2, 0.25) is 5.02 Å². The molecule has 0 unspecified atom stereocenters. The average molecular weight is 271 g/mol. The molecule has 0 spiro atoms. The minimum Gasteiger partial charge on any atom is -0.330 e. The van der Waals surface area contributed by atoms with Crippen LogP contribution in [0.1, 0.15) is 5.56 Å². The van der Waals surface area contributed by atoms with Crippen LogP contribution in [0.15, 0.2) is 22.7 Å². The van der Waals surface area contributed by atoms with Gasteiger partial charge in [-0.3, -0.25) is 0 Å². The molecular formula is C8H10BrCl2N. The number of rotatable bonds is 2. The van der Waals surface area contributed by atoms with E-state index in [1.165, 1.54) is 0 Å². The van der Waals surface area contributed by atoms with Gasteiger partial charge >= 0.3 is 0 Å². The van der Waals surface area contributed by atoms with Crippen molar-refractivity contribution in [1.82, 2.24) is 0 Å². The molecule has 0 bridgehead atoms. The minimum absolute atomic E-state index is 0. The van der Waals surface area contributed by atoms with Crippen molar-refractivity contribution in [3.63, 3.8) is 0 Å². The van der Waals surface area contributed by atoms with Crippen molar-refractivity contribution in [2.75, 3.05) is 6.54 Å². The molecule has 1 aromatic carbocycles. The second-order valence-corrected chi connectivity index (χ2v) is 3.60. The van der Waals surface area contributed by atoms with Crippen LogP contribution >= 0.6 is 39.9 Å². The molecule has 1 rings (SSSR count). The molecule has 4 heteroatoms. The fourth-order valence-corrected chi connectivity index (χ4v) is 1.51. The highest BCUT2D eigenvalue weighted by molar-refractivity contribution is 9.10. The third kappa shape index (κ3) is 3.31. The van der Waals surface area contributed by atoms with E-state index in [4.69, 9.17) is 17.3 Å². The molecule has 68 valence electrons. The summed E-state index contributed by atoms with van der Waals surface area (Å²) in [6.45, 7) is 0.635. The van der Waals surface area contributed by atoms with Crippen molar-refractivity contribution in [3.05, 3.63) is 33.3 Å². The van der Waals surface area contributed by atoms with Crippen molar-refractivity contribution in [2.24, 2.45) is 5.73 Å². The average Bonchev–Trinajstić information content (AvgIpc) is 1.98. The van der Waals surface area contributed by atoms with Crippen LogP contribution in [0.5, 0.6) is 0 Å². The molecule has 0 aliphatic carbocycles. The van der Waals surface area contributed by atoms with Crippen LogP contribution in [0.4, 0.5) is 0 Å². The van der Waals surface area contributed by atoms with Gasteiger partial charge in [0.25, 0.3) is 0 Å². The first kappa shape index (κ1) is 12.2. The van der Waals surface area contributed by atoms with Gasteiger partial charge < -0.3 is 5.73 Å². The highest BCUT2D eigenvalue weighted by atomic mass is 79.9. The smallest absolute Gasteiger partial charge is 0.0439 e. The van der Waals surface area contributed by atoms with Crippen molar-refractivity contribution in [3.8, 4) is 0 Å². The predicted octanol–water partition coefficient (Wildman–Crippen LogP) is 3.03. The van der Waals surface area contributed by atoms with Gasteiger partial charge in [-0.05, 0) is 36.7 Å². The first-order chi connectivity index (χ1) is 5.24. The Balaban J connectivity index is 0.00000121. The molecule has 0 fully saturated rings. The van der Waals surface area contributed by atoms with E-state index in [1.807, 2.05) is 18.2 Å². The van der Waals surface area contributed by atoms with Crippen LogP contribution < -0.4 is 5.73 Å². The predicted molar refractivity (Wildman–Crippen MR) is 59.2 cm³/mol. The van der Waals surface area contributed by atoms with Crippen molar-refractivity contribution >= 4 is 39.9 Å². The van der Waals surface area contributed by atoms with Crippen LogP contribution in [-0.4, -0.2) is 6.54 Å². The van der Waals surface area contributed by atoms with Gasteiger partial charge in [-0.1, -0.05) is 27.5 Å². The van der Waals surface area contributed by atoms with Gasteiger partial charge in [0.2, 0.25) is 0 Å². The Morgan fingerprint density at radius 1 is 1.42 bits per heavy atom. The Hall–Kier alpha value is 0.240. The van der Waals surface area contributed by atoms with E-state index >= 15 is 0 Å². The summed E-state index contributed by atoms with van der Waals surface area (Å²) in [5, 5.41) is 0.790. The summed E-state index contributed by atoms with van der Waals surface area (Å²) in [5.41, 5.74) is 6.51. The van der Waals surface area contributed by atoms with E-state index in [0.717, 1.165) is 21.5 Å². The maximum Gasteiger partial charge on any atom is 0.0439 e. The Morgan fingerprint density at radius 3 is 2.67 bits per heavy atom. The first-order valence-corrected chi connectivity index (χ1v) is 4.55. The van der Waals surface area contributed by atoms with Crippen molar-refractivity contribution in [2.45, 2.75) is 6.42 Å². The van der Waals surface area contributed by atoms with Gasteiger partial charge in [-0.25, -0.2) is 0 Å². The van der Waals surface area contributed by atoms with Gasteiger partial charge in [0, 0.05) is 9.50 Å². The lowest BCUT2D eigenvalue weighted by Gasteiger charge is -2.01. The van der Waals surface area contributed by atoms with Gasteiger partial charge in [0.05, 0.1) is 0 Å². The topological polar surface area (TPSA) is 26.0 Å². The van der Waals surface area contributed by atoms with E-state index in [2.05, 4.69) is 15.9 Å². The maximum absolute atomic E-state index is 5.90. The lowest BCUT2D eigenvalue weighted by Crippen LogP contribution is -2.02. The van der Waals surface area contributed by atoms with Crippen LogP contribution in [0, 0.1) is 0 Å². The van der Waals surface area contributed by atoms with Crippen LogP contribution in [-0.2, 0) is 6.42 Å². The minimum atomic E-state index is 0. The van der Waals surface area contributed by atoms with Crippen LogP contribution in [0.3, 0.4) is 0 Å². The lowest BCUT2D eigenvalue weighted by atomic mass is 10.1. The second-order valence-electron chi connectivity index (χ2n) is 2.27. The summed E-state index contributed by atoms with van der Waals surface area (Å²) in [4.78, 5) is 0. The molecule has 1 aromatic rings. The Bertz CT molecular complexity index is 253. The number of hydrogen-bond acceptors (Lipinski definition) is 1. The molecule has 0 saturated carbocycles. The van der Waals surface area contributed by atoms with Gasteiger partial charge in [0.1, 0.15) is 0 Å². The Kier molecular flexibility index (Phi) is 5.93. The SMILES string of the molecule is Cl.NCCc1cc(Br)ccc1Cl. The highest BCUT2D eigenvalue weighted by Gasteiger charge is 1.98. The lowest BCUT2D eigenvalue weighted by molar-refractivity contribution is 0.968. The molecule has 1 nitrogen and oxygen atoms in total. The molecule has 2 N–H and O–H groups in total. The largest absolute Gasteiger partial charge is 0.330 e. The van der Waals surface area contributed by atoms with E-state index in [0.29, 0.717) is 6.54 Å². The Morgan fingerprint density at radius 2 is 2.08 bits per heavy atom. The first-order valence-electron chi connectivity index (χ1n) is 3.38. The molecule has 0 heterocycles. The van der Waals surface area contributed by atoms with Crippen molar-refractivity contribution < 1.29 is 0 Å². The summed E-state index contributed by atoms with van der Waals surface area (Å²) in [5.74, 6) is 0. The summed E-state index contributed by atoms with van der Waals surface area (Å²) in [6.07, 6.45) is 0.832. The summed E-state index contributed by atoms with van der Waals surface area (Å²) < 4.78 is 1.05. The maximum atomic E-state index is 5.90. The van der Waals surface area contributed by atoms with E-state index < -0.39 is 0 Å². The van der Waals surface area contributed by atoms with Gasteiger partial charge in [-0.2, -0.15) is 0 Å². The number of halogens is 3. The zero-order valence-corrected chi connectivity index (χ0v) is 9.55. The Labute approximate surface area is 91.8 Å². The second kappa shape index (κ2) is 5.81. The zero-order chi connectivity index (χ0) is 8.27. The highest BCUT2D eigenvalue weighted by Crippen LogP contribution is 2.20. The van der Waals surface area contributed by atoms with E-state index in [1.54, 1.807) is 0 Å². The monoisotopic (exact) mass is 269 g/mol. The quantitative estimate of drug-likeness (QED) is 0.879. The van der Waals surface area contributed by atoms with Crippen LogP contribution in [0.25, 0.3) is 0 Å². The number of hydrogen-bond donors (Lipinski definition) is 1. The molecular weight excluding hydrogens is 261 g/mol. The molecule has 0 radical (unpaired) electrons. The summed E-state index contributed by atoms with van der Waals surface area (Å²) >= 11 is 9.27. The fraction of sp³-hybridized carbons (Fsp3) is 0.250. The van der Waals surface area contributed by atoms with Crippen molar-refractivity contribution in [1.29, 1.82) is 0 Å². The van der Waals surface area contributed by atoms with E-state index in [9.17, 15) is 0 Å². The van der Waals surface area contributed by atoms with Gasteiger partial charge in [0.15, 0.2) is 0 Å². The molecule has 0 aliphatic rings. The standard InChI is InChI=1S/C8H9BrClN.ClH/c9-7-1-2-8(10)6(5-7)3-4-11;/h1-2,5H,3-4,11H2;1H. The molecule has 0 aliphatic heterocycles. The fourth-order valence-electron chi connectivity index (χ4n) is 0.890. The third-order valence-corrected chi connectivity index (χ3v) is 2.28. The molecule has 12 heavy (non-hydrogen) atoms. The molecule has 0 saturated heterocycles. The normalized spacial score (nSPS) is 9.25.